The van der Waals surface area contributed by atoms with E-state index in [1.807, 2.05) is 25.1 Å². The molecule has 4 heteroatoms. The number of rotatable bonds is 4. The molecule has 0 aliphatic rings. The molecule has 0 saturated carbocycles. The molecule has 1 aromatic heterocycles. The number of hydrogen-bond acceptors (Lipinski definition) is 3. The van der Waals surface area contributed by atoms with Crippen LogP contribution in [-0.4, -0.2) is 11.1 Å². The molecule has 0 saturated heterocycles. The summed E-state index contributed by atoms with van der Waals surface area (Å²) in [6.07, 6.45) is 0. The van der Waals surface area contributed by atoms with Crippen molar-refractivity contribution in [2.75, 3.05) is 0 Å². The predicted octanol–water partition coefficient (Wildman–Crippen LogP) is 3.58. The molecule has 2 aromatic rings. The minimum atomic E-state index is -0.902. The number of carboxylic acids is 1. The fourth-order valence-electron chi connectivity index (χ4n) is 1.44. The highest BCUT2D eigenvalue weighted by atomic mass is 32.2. The molecule has 0 fully saturated rings. The van der Waals surface area contributed by atoms with Crippen LogP contribution in [0, 0.1) is 6.92 Å². The Bertz CT molecular complexity index is 531. The summed E-state index contributed by atoms with van der Waals surface area (Å²) in [6, 6.07) is 10.8. The first-order valence-corrected chi connectivity index (χ1v) is 6.15. The van der Waals surface area contributed by atoms with Gasteiger partial charge in [0.05, 0.1) is 11.3 Å². The maximum atomic E-state index is 10.8. The minimum absolute atomic E-state index is 0.311. The summed E-state index contributed by atoms with van der Waals surface area (Å²) in [7, 11) is 0. The number of carbonyl (C=O) groups is 1. The average Bonchev–Trinajstić information content (AvgIpc) is 2.73. The van der Waals surface area contributed by atoms with Crippen molar-refractivity contribution in [1.82, 2.24) is 0 Å². The van der Waals surface area contributed by atoms with Gasteiger partial charge in [-0.3, -0.25) is 0 Å². The van der Waals surface area contributed by atoms with Gasteiger partial charge < -0.3 is 9.52 Å². The van der Waals surface area contributed by atoms with Gasteiger partial charge in [0.25, 0.3) is 0 Å². The zero-order chi connectivity index (χ0) is 12.3. The zero-order valence-corrected chi connectivity index (χ0v) is 10.2. The first kappa shape index (κ1) is 11.8. The van der Waals surface area contributed by atoms with Crippen molar-refractivity contribution < 1.29 is 14.3 Å². The van der Waals surface area contributed by atoms with Crippen molar-refractivity contribution >= 4 is 17.7 Å². The van der Waals surface area contributed by atoms with E-state index in [-0.39, 0.29) is 0 Å². The molecule has 0 aliphatic carbocycles. The monoisotopic (exact) mass is 248 g/mol. The molecule has 0 atom stereocenters. The molecule has 0 unspecified atom stereocenters. The number of benzene rings is 1. The van der Waals surface area contributed by atoms with Crippen LogP contribution in [0.15, 0.2) is 45.7 Å². The molecule has 0 bridgehead atoms. The van der Waals surface area contributed by atoms with Gasteiger partial charge >= 0.3 is 5.97 Å². The van der Waals surface area contributed by atoms with Crippen LogP contribution in [0.3, 0.4) is 0 Å². The second kappa shape index (κ2) is 5.10. The Morgan fingerprint density at radius 2 is 2.18 bits per heavy atom. The van der Waals surface area contributed by atoms with E-state index in [4.69, 9.17) is 9.52 Å². The van der Waals surface area contributed by atoms with Crippen molar-refractivity contribution in [2.24, 2.45) is 0 Å². The normalized spacial score (nSPS) is 10.4. The zero-order valence-electron chi connectivity index (χ0n) is 9.34. The van der Waals surface area contributed by atoms with E-state index in [1.54, 1.807) is 30.0 Å². The van der Waals surface area contributed by atoms with Crippen LogP contribution in [-0.2, 0) is 5.75 Å². The number of thioether (sulfide) groups is 1. The second-order valence-electron chi connectivity index (χ2n) is 3.63. The Labute approximate surface area is 103 Å². The first-order valence-electron chi connectivity index (χ1n) is 5.16. The lowest BCUT2D eigenvalue weighted by molar-refractivity contribution is 0.0696. The minimum Gasteiger partial charge on any atom is -0.478 e. The van der Waals surface area contributed by atoms with E-state index >= 15 is 0 Å². The van der Waals surface area contributed by atoms with Crippen LogP contribution < -0.4 is 0 Å². The van der Waals surface area contributed by atoms with E-state index in [2.05, 4.69) is 0 Å². The SMILES string of the molecule is Cc1ccc(CSc2cccc(C(=O)O)c2)o1. The van der Waals surface area contributed by atoms with Crippen LogP contribution in [0.1, 0.15) is 21.9 Å². The highest BCUT2D eigenvalue weighted by molar-refractivity contribution is 7.98. The highest BCUT2D eigenvalue weighted by Crippen LogP contribution is 2.24. The van der Waals surface area contributed by atoms with E-state index in [0.717, 1.165) is 16.4 Å². The van der Waals surface area contributed by atoms with Crippen molar-refractivity contribution in [3.63, 3.8) is 0 Å². The van der Waals surface area contributed by atoms with E-state index in [0.29, 0.717) is 11.3 Å². The molecule has 3 nitrogen and oxygen atoms in total. The molecule has 1 aromatic carbocycles. The van der Waals surface area contributed by atoms with Crippen molar-refractivity contribution in [2.45, 2.75) is 17.6 Å². The molecule has 0 radical (unpaired) electrons. The lowest BCUT2D eigenvalue weighted by Gasteiger charge is -2.01. The second-order valence-corrected chi connectivity index (χ2v) is 4.68. The molecule has 1 heterocycles. The molecule has 0 amide bonds. The molecule has 17 heavy (non-hydrogen) atoms. The van der Waals surface area contributed by atoms with Crippen molar-refractivity contribution in [3.05, 3.63) is 53.5 Å². The maximum Gasteiger partial charge on any atom is 0.335 e. The number of aromatic carboxylic acids is 1. The van der Waals surface area contributed by atoms with Crippen LogP contribution >= 0.6 is 11.8 Å². The van der Waals surface area contributed by atoms with Gasteiger partial charge in [0.2, 0.25) is 0 Å². The topological polar surface area (TPSA) is 50.4 Å². The molecule has 0 aliphatic heterocycles. The Morgan fingerprint density at radius 1 is 1.35 bits per heavy atom. The van der Waals surface area contributed by atoms with Gasteiger partial charge in [-0.05, 0) is 37.3 Å². The summed E-state index contributed by atoms with van der Waals surface area (Å²) in [5.74, 6) is 1.59. The highest BCUT2D eigenvalue weighted by Gasteiger charge is 2.05. The van der Waals surface area contributed by atoms with Gasteiger partial charge in [0, 0.05) is 4.90 Å². The number of carboxylic acid groups (broad SMARTS) is 1. The Kier molecular flexibility index (Phi) is 3.54. The van der Waals surface area contributed by atoms with E-state index in [1.165, 1.54) is 0 Å². The summed E-state index contributed by atoms with van der Waals surface area (Å²) in [5, 5.41) is 8.87. The van der Waals surface area contributed by atoms with Gasteiger partial charge in [-0.1, -0.05) is 6.07 Å². The smallest absolute Gasteiger partial charge is 0.335 e. The van der Waals surface area contributed by atoms with Gasteiger partial charge in [0.1, 0.15) is 11.5 Å². The summed E-state index contributed by atoms with van der Waals surface area (Å²) in [6.45, 7) is 1.90. The molecular weight excluding hydrogens is 236 g/mol. The first-order chi connectivity index (χ1) is 8.15. The van der Waals surface area contributed by atoms with Crippen molar-refractivity contribution in [1.29, 1.82) is 0 Å². The van der Waals surface area contributed by atoms with Gasteiger partial charge in [-0.15, -0.1) is 11.8 Å². The fraction of sp³-hybridized carbons (Fsp3) is 0.154. The molecular formula is C13H12O3S. The summed E-state index contributed by atoms with van der Waals surface area (Å²) < 4.78 is 5.45. The summed E-state index contributed by atoms with van der Waals surface area (Å²) in [5.41, 5.74) is 0.311. The van der Waals surface area contributed by atoms with Crippen LogP contribution in [0.5, 0.6) is 0 Å². The quantitative estimate of drug-likeness (QED) is 0.840. The molecule has 2 rings (SSSR count). The largest absolute Gasteiger partial charge is 0.478 e. The van der Waals surface area contributed by atoms with E-state index < -0.39 is 5.97 Å². The predicted molar refractivity (Wildman–Crippen MR) is 66.4 cm³/mol. The van der Waals surface area contributed by atoms with Gasteiger partial charge in [-0.25, -0.2) is 4.79 Å². The third-order valence-electron chi connectivity index (χ3n) is 2.26. The van der Waals surface area contributed by atoms with Crippen LogP contribution in [0.2, 0.25) is 0 Å². The number of hydrogen-bond donors (Lipinski definition) is 1. The Hall–Kier alpha value is -1.68. The third-order valence-corrected chi connectivity index (χ3v) is 3.27. The maximum absolute atomic E-state index is 10.8. The molecule has 88 valence electrons. The fourth-order valence-corrected chi connectivity index (χ4v) is 2.29. The number of furan rings is 1. The average molecular weight is 248 g/mol. The Balaban J connectivity index is 2.04. The van der Waals surface area contributed by atoms with Crippen LogP contribution in [0.4, 0.5) is 0 Å². The molecule has 0 spiro atoms. The lowest BCUT2D eigenvalue weighted by atomic mass is 10.2. The standard InChI is InChI=1S/C13H12O3S/c1-9-5-6-11(16-9)8-17-12-4-2-3-10(7-12)13(14)15/h2-7H,8H2,1H3,(H,14,15). The van der Waals surface area contributed by atoms with Crippen LogP contribution in [0.25, 0.3) is 0 Å². The van der Waals surface area contributed by atoms with Crippen molar-refractivity contribution in [3.8, 4) is 0 Å². The van der Waals surface area contributed by atoms with E-state index in [9.17, 15) is 4.79 Å². The molecule has 1 N–H and O–H groups in total. The van der Waals surface area contributed by atoms with Gasteiger partial charge in [-0.2, -0.15) is 0 Å². The Morgan fingerprint density at radius 3 is 2.82 bits per heavy atom. The summed E-state index contributed by atoms with van der Waals surface area (Å²) >= 11 is 1.56. The van der Waals surface area contributed by atoms with Gasteiger partial charge in [0.15, 0.2) is 0 Å². The summed E-state index contributed by atoms with van der Waals surface area (Å²) in [4.78, 5) is 11.7. The number of aryl methyl sites for hydroxylation is 1. The lowest BCUT2D eigenvalue weighted by Crippen LogP contribution is -1.95. The third kappa shape index (κ3) is 3.14.